The normalized spacial score (nSPS) is 10.5. The summed E-state index contributed by atoms with van der Waals surface area (Å²) in [7, 11) is 0. The molecule has 1 aromatic heterocycles. The Morgan fingerprint density at radius 3 is 2.77 bits per heavy atom. The molecule has 0 saturated heterocycles. The molecule has 0 bridgehead atoms. The van der Waals surface area contributed by atoms with Crippen LogP contribution in [0.3, 0.4) is 0 Å². The number of benzene rings is 2. The van der Waals surface area contributed by atoms with Crippen molar-refractivity contribution in [3.8, 4) is 0 Å². The van der Waals surface area contributed by atoms with Gasteiger partial charge >= 0.3 is 0 Å². The lowest BCUT2D eigenvalue weighted by molar-refractivity contribution is -0.384. The Labute approximate surface area is 174 Å². The molecular formula is C20H17FN4O4S. The quantitative estimate of drug-likeness (QED) is 0.442. The molecular weight excluding hydrogens is 411 g/mol. The van der Waals surface area contributed by atoms with Gasteiger partial charge in [-0.25, -0.2) is 9.37 Å². The number of thiazole rings is 1. The number of halogens is 1. The third kappa shape index (κ3) is 5.45. The summed E-state index contributed by atoms with van der Waals surface area (Å²) in [5.41, 5.74) is 1.24. The van der Waals surface area contributed by atoms with Crippen molar-refractivity contribution >= 4 is 34.0 Å². The molecule has 0 aliphatic heterocycles. The average Bonchev–Trinajstić information content (AvgIpc) is 3.15. The minimum atomic E-state index is -0.603. The first-order chi connectivity index (χ1) is 14.3. The van der Waals surface area contributed by atoms with Gasteiger partial charge in [0.05, 0.1) is 11.5 Å². The van der Waals surface area contributed by atoms with E-state index < -0.39 is 16.7 Å². The van der Waals surface area contributed by atoms with E-state index in [1.807, 2.05) is 6.07 Å². The van der Waals surface area contributed by atoms with Crippen molar-refractivity contribution in [2.75, 3.05) is 11.9 Å². The zero-order chi connectivity index (χ0) is 21.7. The van der Waals surface area contributed by atoms with Gasteiger partial charge in [-0.15, -0.1) is 11.3 Å². The molecule has 0 unspecified atom stereocenters. The van der Waals surface area contributed by atoms with Crippen LogP contribution in [0.5, 0.6) is 0 Å². The Balaban J connectivity index is 1.53. The van der Waals surface area contributed by atoms with Crippen LogP contribution in [-0.2, 0) is 11.2 Å². The van der Waals surface area contributed by atoms with Crippen molar-refractivity contribution in [3.63, 3.8) is 0 Å². The maximum absolute atomic E-state index is 13.7. The number of amides is 2. The number of anilines is 1. The van der Waals surface area contributed by atoms with Gasteiger partial charge in [0.1, 0.15) is 5.82 Å². The van der Waals surface area contributed by atoms with E-state index in [1.165, 1.54) is 35.6 Å². The standard InChI is InChI=1S/C20H17FN4O4S/c1-12-5-6-13(8-17(12)21)7-16-10-23-20(30-16)24-18(26)11-22-19(27)14-3-2-4-15(9-14)25(28)29/h2-6,8-10H,7,11H2,1H3,(H,22,27)(H,23,24,26). The molecule has 0 aliphatic carbocycles. The molecule has 3 aromatic rings. The van der Waals surface area contributed by atoms with Gasteiger partial charge < -0.3 is 10.6 Å². The summed E-state index contributed by atoms with van der Waals surface area (Å²) < 4.78 is 13.7. The van der Waals surface area contributed by atoms with E-state index in [0.717, 1.165) is 16.5 Å². The zero-order valence-electron chi connectivity index (χ0n) is 15.8. The Morgan fingerprint density at radius 1 is 1.23 bits per heavy atom. The van der Waals surface area contributed by atoms with Crippen LogP contribution in [0.2, 0.25) is 0 Å². The summed E-state index contributed by atoms with van der Waals surface area (Å²) in [4.78, 5) is 39.3. The Hall–Kier alpha value is -3.66. The number of carbonyl (C=O) groups is 2. The van der Waals surface area contributed by atoms with Gasteiger partial charge in [-0.1, -0.05) is 18.2 Å². The highest BCUT2D eigenvalue weighted by molar-refractivity contribution is 7.15. The second-order valence-electron chi connectivity index (χ2n) is 6.43. The van der Waals surface area contributed by atoms with Crippen LogP contribution in [0.4, 0.5) is 15.2 Å². The van der Waals surface area contributed by atoms with E-state index in [4.69, 9.17) is 0 Å². The first-order valence-electron chi connectivity index (χ1n) is 8.84. The van der Waals surface area contributed by atoms with Crippen molar-refractivity contribution < 1.29 is 18.9 Å². The number of aryl methyl sites for hydroxylation is 1. The largest absolute Gasteiger partial charge is 0.343 e. The number of nitrogens with one attached hydrogen (secondary N) is 2. The maximum atomic E-state index is 13.7. The molecule has 0 aliphatic rings. The van der Waals surface area contributed by atoms with E-state index in [0.29, 0.717) is 17.1 Å². The number of nitro groups is 1. The number of nitro benzene ring substituents is 1. The molecule has 8 nitrogen and oxygen atoms in total. The van der Waals surface area contributed by atoms with Crippen LogP contribution in [0.15, 0.2) is 48.7 Å². The highest BCUT2D eigenvalue weighted by atomic mass is 32.1. The van der Waals surface area contributed by atoms with Crippen LogP contribution < -0.4 is 10.6 Å². The Morgan fingerprint density at radius 2 is 2.03 bits per heavy atom. The molecule has 154 valence electrons. The minimum Gasteiger partial charge on any atom is -0.343 e. The number of hydrogen-bond acceptors (Lipinski definition) is 6. The fourth-order valence-electron chi connectivity index (χ4n) is 2.58. The number of hydrogen-bond donors (Lipinski definition) is 2. The van der Waals surface area contributed by atoms with Crippen molar-refractivity contribution in [1.29, 1.82) is 0 Å². The fourth-order valence-corrected chi connectivity index (χ4v) is 3.44. The lowest BCUT2D eigenvalue weighted by atomic mass is 10.1. The predicted molar refractivity (Wildman–Crippen MR) is 110 cm³/mol. The molecule has 0 atom stereocenters. The monoisotopic (exact) mass is 428 g/mol. The lowest BCUT2D eigenvalue weighted by Crippen LogP contribution is -2.32. The molecule has 10 heteroatoms. The zero-order valence-corrected chi connectivity index (χ0v) is 16.7. The molecule has 2 aromatic carbocycles. The molecule has 1 heterocycles. The number of rotatable bonds is 7. The summed E-state index contributed by atoms with van der Waals surface area (Å²) in [5, 5.41) is 16.1. The molecule has 0 saturated carbocycles. The van der Waals surface area contributed by atoms with Gasteiger partial charge in [-0.2, -0.15) is 0 Å². The number of carbonyl (C=O) groups excluding carboxylic acids is 2. The van der Waals surface area contributed by atoms with Crippen LogP contribution in [0.1, 0.15) is 26.4 Å². The van der Waals surface area contributed by atoms with Crippen molar-refractivity contribution in [3.05, 3.63) is 86.2 Å². The number of aromatic nitrogens is 1. The fraction of sp³-hybridized carbons (Fsp3) is 0.150. The van der Waals surface area contributed by atoms with Gasteiger partial charge in [-0.3, -0.25) is 19.7 Å². The highest BCUT2D eigenvalue weighted by Gasteiger charge is 2.13. The number of nitrogens with zero attached hydrogens (tertiary/aromatic N) is 2. The van der Waals surface area contributed by atoms with E-state index in [1.54, 1.807) is 19.2 Å². The summed E-state index contributed by atoms with van der Waals surface area (Å²) >= 11 is 1.25. The second-order valence-corrected chi connectivity index (χ2v) is 7.55. The van der Waals surface area contributed by atoms with Crippen molar-refractivity contribution in [2.24, 2.45) is 0 Å². The summed E-state index contributed by atoms with van der Waals surface area (Å²) in [5.74, 6) is -1.36. The van der Waals surface area contributed by atoms with Gasteiger partial charge in [-0.05, 0) is 30.2 Å². The molecule has 2 N–H and O–H groups in total. The molecule has 3 rings (SSSR count). The third-order valence-corrected chi connectivity index (χ3v) is 5.06. The van der Waals surface area contributed by atoms with E-state index >= 15 is 0 Å². The van der Waals surface area contributed by atoms with Gasteiger partial charge in [0.25, 0.3) is 11.6 Å². The Bertz CT molecular complexity index is 1120. The Kier molecular flexibility index (Phi) is 6.48. The van der Waals surface area contributed by atoms with E-state index in [9.17, 15) is 24.1 Å². The third-order valence-electron chi connectivity index (χ3n) is 4.14. The lowest BCUT2D eigenvalue weighted by Gasteiger charge is -2.05. The topological polar surface area (TPSA) is 114 Å². The van der Waals surface area contributed by atoms with Crippen molar-refractivity contribution in [1.82, 2.24) is 10.3 Å². The smallest absolute Gasteiger partial charge is 0.270 e. The van der Waals surface area contributed by atoms with Crippen LogP contribution in [-0.4, -0.2) is 28.3 Å². The summed E-state index contributed by atoms with van der Waals surface area (Å²) in [6.45, 7) is 1.37. The molecule has 0 fully saturated rings. The maximum Gasteiger partial charge on any atom is 0.270 e. The number of non-ortho nitro benzene ring substituents is 1. The van der Waals surface area contributed by atoms with E-state index in [-0.39, 0.29) is 23.6 Å². The minimum absolute atomic E-state index is 0.0823. The van der Waals surface area contributed by atoms with E-state index in [2.05, 4.69) is 15.6 Å². The molecule has 0 spiro atoms. The summed E-state index contributed by atoms with van der Waals surface area (Å²) in [6.07, 6.45) is 2.08. The SMILES string of the molecule is Cc1ccc(Cc2cnc(NC(=O)CNC(=O)c3cccc([N+](=O)[O-])c3)s2)cc1F. The highest BCUT2D eigenvalue weighted by Crippen LogP contribution is 2.22. The van der Waals surface area contributed by atoms with Gasteiger partial charge in [0.15, 0.2) is 5.13 Å². The van der Waals surface area contributed by atoms with Crippen LogP contribution >= 0.6 is 11.3 Å². The average molecular weight is 428 g/mol. The first-order valence-corrected chi connectivity index (χ1v) is 9.65. The second kappa shape index (κ2) is 9.23. The van der Waals surface area contributed by atoms with Crippen molar-refractivity contribution in [2.45, 2.75) is 13.3 Å². The van der Waals surface area contributed by atoms with Gasteiger partial charge in [0, 0.05) is 35.2 Å². The first kappa shape index (κ1) is 21.1. The van der Waals surface area contributed by atoms with Crippen LogP contribution in [0.25, 0.3) is 0 Å². The molecule has 30 heavy (non-hydrogen) atoms. The van der Waals surface area contributed by atoms with Crippen LogP contribution in [0, 0.1) is 22.9 Å². The predicted octanol–water partition coefficient (Wildman–Crippen LogP) is 3.46. The molecule has 0 radical (unpaired) electrons. The summed E-state index contributed by atoms with van der Waals surface area (Å²) in [6, 6.07) is 10.2. The molecule has 2 amide bonds. The van der Waals surface area contributed by atoms with Gasteiger partial charge in [0.2, 0.25) is 5.91 Å².